The number of ketones is 1. The van der Waals surface area contributed by atoms with Crippen LogP contribution in [0.15, 0.2) is 30.3 Å². The Hall–Kier alpha value is -1.19. The zero-order valence-electron chi connectivity index (χ0n) is 12.7. The Labute approximate surface area is 126 Å². The molecule has 114 valence electrons. The van der Waals surface area contributed by atoms with E-state index in [1.165, 1.54) is 6.42 Å². The highest BCUT2D eigenvalue weighted by molar-refractivity contribution is 5.86. The van der Waals surface area contributed by atoms with Crippen molar-refractivity contribution in [2.24, 2.45) is 5.92 Å². The Morgan fingerprint density at radius 3 is 2.76 bits per heavy atom. The first-order chi connectivity index (χ1) is 10.2. The van der Waals surface area contributed by atoms with Crippen molar-refractivity contribution in [3.05, 3.63) is 35.9 Å². The average Bonchev–Trinajstić information content (AvgIpc) is 2.51. The molecule has 1 heterocycles. The van der Waals surface area contributed by atoms with Gasteiger partial charge in [0.15, 0.2) is 5.78 Å². The molecule has 0 bridgehead atoms. The molecule has 2 aliphatic rings. The molecule has 1 spiro atoms. The molecular weight excluding hydrogens is 264 g/mol. The van der Waals surface area contributed by atoms with Crippen LogP contribution >= 0.6 is 0 Å². The highest BCUT2D eigenvalue weighted by Crippen LogP contribution is 2.45. The van der Waals surface area contributed by atoms with Gasteiger partial charge in [-0.15, -0.1) is 0 Å². The zero-order chi connectivity index (χ0) is 14.7. The fraction of sp³-hybridized carbons (Fsp3) is 0.611. The third-order valence-electron chi connectivity index (χ3n) is 4.85. The van der Waals surface area contributed by atoms with Gasteiger partial charge in [-0.1, -0.05) is 30.3 Å². The standard InChI is InChI=1S/C18H24O3/c1-2-20-17(14-7-4-3-5-8-14)16(19)15-9-12-21-18(13-15)10-6-11-18/h3-5,7-8,15,17H,2,6,9-13H2,1H3. The second-order valence-electron chi connectivity index (χ2n) is 6.22. The van der Waals surface area contributed by atoms with Gasteiger partial charge in [0, 0.05) is 19.1 Å². The first kappa shape index (κ1) is 14.7. The van der Waals surface area contributed by atoms with Crippen LogP contribution < -0.4 is 0 Å². The minimum absolute atomic E-state index is 0.00598. The Bertz CT molecular complexity index is 478. The number of hydrogen-bond acceptors (Lipinski definition) is 3. The van der Waals surface area contributed by atoms with Gasteiger partial charge in [-0.05, 0) is 44.6 Å². The van der Waals surface area contributed by atoms with E-state index in [4.69, 9.17) is 9.47 Å². The van der Waals surface area contributed by atoms with Crippen molar-refractivity contribution in [1.29, 1.82) is 0 Å². The molecule has 2 unspecified atom stereocenters. The maximum atomic E-state index is 12.9. The summed E-state index contributed by atoms with van der Waals surface area (Å²) < 4.78 is 11.7. The molecule has 3 heteroatoms. The van der Waals surface area contributed by atoms with Crippen molar-refractivity contribution in [3.8, 4) is 0 Å². The van der Waals surface area contributed by atoms with Crippen LogP contribution in [0.5, 0.6) is 0 Å². The van der Waals surface area contributed by atoms with E-state index in [1.807, 2.05) is 37.3 Å². The van der Waals surface area contributed by atoms with E-state index in [1.54, 1.807) is 0 Å². The van der Waals surface area contributed by atoms with Gasteiger partial charge < -0.3 is 9.47 Å². The monoisotopic (exact) mass is 288 g/mol. The maximum absolute atomic E-state index is 12.9. The highest BCUT2D eigenvalue weighted by Gasteiger charge is 2.45. The van der Waals surface area contributed by atoms with E-state index in [2.05, 4.69) is 0 Å². The van der Waals surface area contributed by atoms with Crippen molar-refractivity contribution in [2.45, 2.75) is 50.7 Å². The van der Waals surface area contributed by atoms with E-state index >= 15 is 0 Å². The quantitative estimate of drug-likeness (QED) is 0.829. The van der Waals surface area contributed by atoms with E-state index < -0.39 is 6.10 Å². The van der Waals surface area contributed by atoms with Crippen molar-refractivity contribution >= 4 is 5.78 Å². The molecule has 1 aromatic rings. The van der Waals surface area contributed by atoms with Crippen LogP contribution in [0.2, 0.25) is 0 Å². The van der Waals surface area contributed by atoms with Crippen molar-refractivity contribution in [2.75, 3.05) is 13.2 Å². The number of Topliss-reactive ketones (excluding diaryl/α,β-unsaturated/α-hetero) is 1. The molecule has 0 N–H and O–H groups in total. The molecule has 1 saturated heterocycles. The Kier molecular flexibility index (Phi) is 4.41. The second kappa shape index (κ2) is 6.29. The predicted octanol–water partition coefficient (Wildman–Crippen LogP) is 3.68. The van der Waals surface area contributed by atoms with E-state index in [0.29, 0.717) is 13.2 Å². The SMILES string of the molecule is CCOC(C(=O)C1CCOC2(CCC2)C1)c1ccccc1. The number of carbonyl (C=O) groups is 1. The molecule has 1 aromatic carbocycles. The van der Waals surface area contributed by atoms with Gasteiger partial charge in [-0.25, -0.2) is 0 Å². The van der Waals surface area contributed by atoms with Crippen molar-refractivity contribution in [3.63, 3.8) is 0 Å². The first-order valence-electron chi connectivity index (χ1n) is 8.08. The summed E-state index contributed by atoms with van der Waals surface area (Å²) >= 11 is 0. The van der Waals surface area contributed by atoms with Crippen LogP contribution in [0.3, 0.4) is 0 Å². The van der Waals surface area contributed by atoms with Crippen LogP contribution in [-0.4, -0.2) is 24.6 Å². The number of benzene rings is 1. The molecule has 2 fully saturated rings. The number of rotatable bonds is 5. The molecule has 21 heavy (non-hydrogen) atoms. The fourth-order valence-corrected chi connectivity index (χ4v) is 3.54. The first-order valence-corrected chi connectivity index (χ1v) is 8.08. The van der Waals surface area contributed by atoms with Gasteiger partial charge >= 0.3 is 0 Å². The molecule has 1 aliphatic heterocycles. The molecule has 0 amide bonds. The summed E-state index contributed by atoms with van der Waals surface area (Å²) in [6.45, 7) is 3.21. The molecule has 3 nitrogen and oxygen atoms in total. The molecule has 0 radical (unpaired) electrons. The number of hydrogen-bond donors (Lipinski definition) is 0. The van der Waals surface area contributed by atoms with Crippen LogP contribution in [0.25, 0.3) is 0 Å². The molecule has 1 aliphatic carbocycles. The molecule has 1 saturated carbocycles. The van der Waals surface area contributed by atoms with Crippen molar-refractivity contribution in [1.82, 2.24) is 0 Å². The molecule has 2 atom stereocenters. The van der Waals surface area contributed by atoms with Gasteiger partial charge in [0.1, 0.15) is 6.10 Å². The van der Waals surface area contributed by atoms with Gasteiger partial charge in [-0.3, -0.25) is 4.79 Å². The average molecular weight is 288 g/mol. The summed E-state index contributed by atoms with van der Waals surface area (Å²) in [5, 5.41) is 0. The Morgan fingerprint density at radius 1 is 1.38 bits per heavy atom. The topological polar surface area (TPSA) is 35.5 Å². The summed E-state index contributed by atoms with van der Waals surface area (Å²) in [4.78, 5) is 12.9. The number of carbonyl (C=O) groups excluding carboxylic acids is 1. The van der Waals surface area contributed by atoms with Gasteiger partial charge in [-0.2, -0.15) is 0 Å². The Morgan fingerprint density at radius 2 is 2.14 bits per heavy atom. The minimum atomic E-state index is -0.420. The Balaban J connectivity index is 1.74. The van der Waals surface area contributed by atoms with Gasteiger partial charge in [0.25, 0.3) is 0 Å². The summed E-state index contributed by atoms with van der Waals surface area (Å²) in [6.07, 6.45) is 4.74. The lowest BCUT2D eigenvalue weighted by Crippen LogP contribution is -2.47. The van der Waals surface area contributed by atoms with Gasteiger partial charge in [0.05, 0.1) is 5.60 Å². The maximum Gasteiger partial charge on any atom is 0.169 e. The normalized spacial score (nSPS) is 25.3. The van der Waals surface area contributed by atoms with Gasteiger partial charge in [0.2, 0.25) is 0 Å². The smallest absolute Gasteiger partial charge is 0.169 e. The van der Waals surface area contributed by atoms with Crippen LogP contribution in [-0.2, 0) is 14.3 Å². The summed E-state index contributed by atoms with van der Waals surface area (Å²) in [7, 11) is 0. The largest absolute Gasteiger partial charge is 0.375 e. The lowest BCUT2D eigenvalue weighted by Gasteiger charge is -2.47. The second-order valence-corrected chi connectivity index (χ2v) is 6.22. The van der Waals surface area contributed by atoms with E-state index in [-0.39, 0.29) is 17.3 Å². The molecule has 0 aromatic heterocycles. The zero-order valence-corrected chi connectivity index (χ0v) is 12.7. The lowest BCUT2D eigenvalue weighted by atomic mass is 9.70. The minimum Gasteiger partial charge on any atom is -0.375 e. The van der Waals surface area contributed by atoms with Crippen LogP contribution in [0, 0.1) is 5.92 Å². The predicted molar refractivity (Wildman–Crippen MR) is 81.1 cm³/mol. The van der Waals surface area contributed by atoms with Crippen molar-refractivity contribution < 1.29 is 14.3 Å². The summed E-state index contributed by atoms with van der Waals surface area (Å²) in [5.41, 5.74) is 0.977. The van der Waals surface area contributed by atoms with E-state index in [0.717, 1.165) is 31.2 Å². The van der Waals surface area contributed by atoms with Crippen LogP contribution in [0.4, 0.5) is 0 Å². The van der Waals surface area contributed by atoms with E-state index in [9.17, 15) is 4.79 Å². The lowest BCUT2D eigenvalue weighted by molar-refractivity contribution is -0.162. The molecular formula is C18H24O3. The highest BCUT2D eigenvalue weighted by atomic mass is 16.5. The van der Waals surface area contributed by atoms with Crippen LogP contribution in [0.1, 0.15) is 50.7 Å². The number of ether oxygens (including phenoxy) is 2. The third-order valence-corrected chi connectivity index (χ3v) is 4.85. The molecule has 3 rings (SSSR count). The summed E-state index contributed by atoms with van der Waals surface area (Å²) in [6, 6.07) is 9.86. The third kappa shape index (κ3) is 3.04. The fourth-order valence-electron chi connectivity index (χ4n) is 3.54. The summed E-state index contributed by atoms with van der Waals surface area (Å²) in [5.74, 6) is 0.313.